The van der Waals surface area contributed by atoms with Gasteiger partial charge < -0.3 is 14.7 Å². The van der Waals surface area contributed by atoms with Gasteiger partial charge in [-0.05, 0) is 13.8 Å². The molecule has 0 spiro atoms. The van der Waals surface area contributed by atoms with Crippen LogP contribution in [0.1, 0.15) is 13.8 Å². The Morgan fingerprint density at radius 2 is 1.57 bits per heavy atom. The maximum atomic E-state index is 11.1. The van der Waals surface area contributed by atoms with Crippen LogP contribution in [0.5, 0.6) is 0 Å². The number of hydrogen-bond acceptors (Lipinski definition) is 2. The molecule has 0 aromatic rings. The van der Waals surface area contributed by atoms with Crippen molar-refractivity contribution in [3.8, 4) is 0 Å². The summed E-state index contributed by atoms with van der Waals surface area (Å²) in [7, 11) is -4.19. The quantitative estimate of drug-likeness (QED) is 0.477. The monoisotopic (exact) mass is 243 g/mol. The predicted octanol–water partition coefficient (Wildman–Crippen LogP) is -1.26. The van der Waals surface area contributed by atoms with Crippen LogP contribution in [-0.4, -0.2) is 99.0 Å². The van der Waals surface area contributed by atoms with Gasteiger partial charge in [-0.15, -0.1) is 0 Å². The minimum atomic E-state index is -4.19. The van der Waals surface area contributed by atoms with Gasteiger partial charge in [-0.1, -0.05) is 0 Å². The van der Waals surface area contributed by atoms with Crippen molar-refractivity contribution in [2.24, 2.45) is 0 Å². The Morgan fingerprint density at radius 3 is 1.79 bits per heavy atom. The molecule has 0 saturated heterocycles. The second kappa shape index (κ2) is 9.82. The van der Waals surface area contributed by atoms with Crippen molar-refractivity contribution in [3.63, 3.8) is 0 Å². The molecule has 5 nitrogen and oxygen atoms in total. The minimum absolute atomic E-state index is 0. The molecule has 0 rings (SSSR count). The van der Waals surface area contributed by atoms with Crippen LogP contribution in [0.25, 0.3) is 0 Å². The molecule has 0 aliphatic rings. The number of carbonyl (C=O) groups excluding carboxylic acids is 1. The van der Waals surface area contributed by atoms with Crippen LogP contribution in [0.3, 0.4) is 0 Å². The standard InChI is InChI=1S/C6H14NO4P.2Na.2H/c1-3-7(4-2)6(8)5-12(9,10)11;;;;/h3-5H2,1-2H3,(H2,9,10,11);;;;. The van der Waals surface area contributed by atoms with Crippen LogP contribution >= 0.6 is 7.60 Å². The second-order valence-corrected chi connectivity index (χ2v) is 4.03. The van der Waals surface area contributed by atoms with E-state index in [1.165, 1.54) is 4.90 Å². The van der Waals surface area contributed by atoms with Gasteiger partial charge in [0.25, 0.3) is 0 Å². The summed E-state index contributed by atoms with van der Waals surface area (Å²) in [4.78, 5) is 29.4. The first-order valence-electron chi connectivity index (χ1n) is 3.73. The number of rotatable bonds is 4. The third kappa shape index (κ3) is 10.1. The summed E-state index contributed by atoms with van der Waals surface area (Å²) >= 11 is 0. The van der Waals surface area contributed by atoms with E-state index in [0.717, 1.165) is 0 Å². The molecule has 0 atom stereocenters. The van der Waals surface area contributed by atoms with E-state index in [1.807, 2.05) is 0 Å². The fourth-order valence-corrected chi connectivity index (χ4v) is 1.40. The summed E-state index contributed by atoms with van der Waals surface area (Å²) in [5, 5.41) is 0. The van der Waals surface area contributed by atoms with Crippen LogP contribution in [0.2, 0.25) is 0 Å². The van der Waals surface area contributed by atoms with Gasteiger partial charge in [-0.3, -0.25) is 9.36 Å². The third-order valence-electron chi connectivity index (χ3n) is 1.46. The third-order valence-corrected chi connectivity index (χ3v) is 2.14. The van der Waals surface area contributed by atoms with Crippen molar-refractivity contribution in [3.05, 3.63) is 0 Å². The van der Waals surface area contributed by atoms with Crippen LogP contribution in [0.4, 0.5) is 0 Å². The Balaban J connectivity index is -0.000000605. The average Bonchev–Trinajstić information content (AvgIpc) is 1.85. The van der Waals surface area contributed by atoms with Crippen LogP contribution in [0.15, 0.2) is 0 Å². The van der Waals surface area contributed by atoms with E-state index in [4.69, 9.17) is 9.79 Å². The number of nitrogens with zero attached hydrogens (tertiary/aromatic N) is 1. The molecule has 0 fully saturated rings. The summed E-state index contributed by atoms with van der Waals surface area (Å²) in [6, 6.07) is 0. The Bertz CT molecular complexity index is 204. The maximum absolute atomic E-state index is 11.1. The van der Waals surface area contributed by atoms with E-state index >= 15 is 0 Å². The molecule has 0 unspecified atom stereocenters. The fourth-order valence-electron chi connectivity index (χ4n) is 0.853. The van der Waals surface area contributed by atoms with E-state index in [-0.39, 0.29) is 59.1 Å². The summed E-state index contributed by atoms with van der Waals surface area (Å²) in [6.45, 7) is 4.49. The van der Waals surface area contributed by atoms with Gasteiger partial charge in [0.05, 0.1) is 0 Å². The number of amides is 1. The molecule has 0 aliphatic carbocycles. The van der Waals surface area contributed by atoms with Crippen molar-refractivity contribution < 1.29 is 19.1 Å². The Kier molecular flexibility index (Phi) is 14.7. The molecule has 0 heterocycles. The van der Waals surface area contributed by atoms with Crippen molar-refractivity contribution in [2.45, 2.75) is 13.8 Å². The van der Waals surface area contributed by atoms with Gasteiger partial charge in [-0.2, -0.15) is 0 Å². The SMILES string of the molecule is CCN(CC)C(=O)CP(=O)(O)O.[NaH].[NaH]. The molecule has 0 aromatic heterocycles. The molecule has 1 amide bonds. The van der Waals surface area contributed by atoms with Gasteiger partial charge >= 0.3 is 66.7 Å². The van der Waals surface area contributed by atoms with Crippen LogP contribution in [-0.2, 0) is 9.36 Å². The first-order valence-corrected chi connectivity index (χ1v) is 5.52. The van der Waals surface area contributed by atoms with Gasteiger partial charge in [0.15, 0.2) is 0 Å². The molecule has 8 heteroatoms. The van der Waals surface area contributed by atoms with Gasteiger partial charge in [0.2, 0.25) is 5.91 Å². The van der Waals surface area contributed by atoms with E-state index < -0.39 is 19.7 Å². The first kappa shape index (κ1) is 21.0. The molecule has 14 heavy (non-hydrogen) atoms. The normalized spacial score (nSPS) is 9.71. The first-order chi connectivity index (χ1) is 5.40. The van der Waals surface area contributed by atoms with Crippen molar-refractivity contribution in [2.75, 3.05) is 19.3 Å². The molecular weight excluding hydrogens is 227 g/mol. The summed E-state index contributed by atoms with van der Waals surface area (Å²) < 4.78 is 10.4. The van der Waals surface area contributed by atoms with Gasteiger partial charge in [0, 0.05) is 13.1 Å². The average molecular weight is 243 g/mol. The molecule has 2 N–H and O–H groups in total. The Hall–Kier alpha value is 1.62. The number of carbonyl (C=O) groups is 1. The summed E-state index contributed by atoms with van der Waals surface area (Å²) in [5.41, 5.74) is 0. The zero-order chi connectivity index (χ0) is 9.78. The number of hydrogen-bond donors (Lipinski definition) is 2. The zero-order valence-corrected chi connectivity index (χ0v) is 8.12. The molecule has 0 radical (unpaired) electrons. The predicted molar refractivity (Wildman–Crippen MR) is 59.1 cm³/mol. The fraction of sp³-hybridized carbons (Fsp3) is 0.833. The van der Waals surface area contributed by atoms with Crippen molar-refractivity contribution >= 4 is 72.6 Å². The zero-order valence-electron chi connectivity index (χ0n) is 7.23. The molecular formula is C6H16NNa2O4P. The van der Waals surface area contributed by atoms with Crippen molar-refractivity contribution in [1.82, 2.24) is 4.90 Å². The molecule has 0 saturated carbocycles. The molecule has 0 aromatic carbocycles. The van der Waals surface area contributed by atoms with Crippen molar-refractivity contribution in [1.29, 1.82) is 0 Å². The second-order valence-electron chi connectivity index (χ2n) is 2.39. The van der Waals surface area contributed by atoms with E-state index in [1.54, 1.807) is 13.8 Å². The van der Waals surface area contributed by atoms with E-state index in [9.17, 15) is 9.36 Å². The van der Waals surface area contributed by atoms with Crippen LogP contribution in [0, 0.1) is 0 Å². The molecule has 0 aliphatic heterocycles. The molecule has 0 bridgehead atoms. The van der Waals surface area contributed by atoms with Gasteiger partial charge in [0.1, 0.15) is 6.16 Å². The van der Waals surface area contributed by atoms with Crippen LogP contribution < -0.4 is 0 Å². The topological polar surface area (TPSA) is 77.8 Å². The summed E-state index contributed by atoms with van der Waals surface area (Å²) in [5.74, 6) is -0.492. The van der Waals surface area contributed by atoms with E-state index in [2.05, 4.69) is 0 Å². The van der Waals surface area contributed by atoms with E-state index in [0.29, 0.717) is 13.1 Å². The Morgan fingerprint density at radius 1 is 1.21 bits per heavy atom. The summed E-state index contributed by atoms with van der Waals surface area (Å²) in [6.07, 6.45) is -0.686. The Labute approximate surface area is 128 Å². The van der Waals surface area contributed by atoms with Gasteiger partial charge in [-0.25, -0.2) is 0 Å². The molecule has 76 valence electrons.